The van der Waals surface area contributed by atoms with Crippen LogP contribution in [0.15, 0.2) is 35.7 Å². The molecule has 2 unspecified atom stereocenters. The number of nitrogens with zero attached hydrogens (tertiary/aromatic N) is 1. The predicted molar refractivity (Wildman–Crippen MR) is 83.4 cm³/mol. The number of nitrogens with two attached hydrogens (primary N) is 1. The van der Waals surface area contributed by atoms with Crippen LogP contribution in [0.5, 0.6) is 0 Å². The zero-order valence-corrected chi connectivity index (χ0v) is 13.0. The molecule has 0 aliphatic heterocycles. The average Bonchev–Trinajstić information content (AvgIpc) is 2.96. The molecule has 4 heteroatoms. The molecule has 0 fully saturated rings. The van der Waals surface area contributed by atoms with Crippen molar-refractivity contribution in [3.05, 3.63) is 57.5 Å². The average molecular weight is 292 g/mol. The number of rotatable bonds is 5. The first kappa shape index (κ1) is 15.2. The molecular formula is C16H21FN2S. The van der Waals surface area contributed by atoms with E-state index in [1.165, 1.54) is 10.9 Å². The zero-order chi connectivity index (χ0) is 14.7. The first-order valence-electron chi connectivity index (χ1n) is 6.76. The Morgan fingerprint density at radius 1 is 1.35 bits per heavy atom. The maximum atomic E-state index is 13.4. The molecule has 2 atom stereocenters. The monoisotopic (exact) mass is 292 g/mol. The second-order valence-electron chi connectivity index (χ2n) is 5.12. The highest BCUT2D eigenvalue weighted by molar-refractivity contribution is 7.10. The quantitative estimate of drug-likeness (QED) is 0.906. The summed E-state index contributed by atoms with van der Waals surface area (Å²) in [6, 6.07) is 9.82. The zero-order valence-electron chi connectivity index (χ0n) is 12.1. The van der Waals surface area contributed by atoms with Crippen LogP contribution >= 0.6 is 11.3 Å². The Bertz CT molecular complexity index is 554. The van der Waals surface area contributed by atoms with Gasteiger partial charge in [0.2, 0.25) is 0 Å². The fourth-order valence-electron chi connectivity index (χ4n) is 2.41. The molecule has 0 amide bonds. The molecule has 20 heavy (non-hydrogen) atoms. The van der Waals surface area contributed by atoms with Crippen molar-refractivity contribution in [3.63, 3.8) is 0 Å². The topological polar surface area (TPSA) is 29.3 Å². The van der Waals surface area contributed by atoms with Gasteiger partial charge in [0, 0.05) is 23.5 Å². The van der Waals surface area contributed by atoms with Crippen molar-refractivity contribution in [3.8, 4) is 0 Å². The molecule has 1 aromatic carbocycles. The van der Waals surface area contributed by atoms with Crippen LogP contribution in [0.25, 0.3) is 0 Å². The molecule has 0 radical (unpaired) electrons. The fourth-order valence-corrected chi connectivity index (χ4v) is 3.25. The Hall–Kier alpha value is -1.23. The van der Waals surface area contributed by atoms with E-state index in [0.717, 1.165) is 5.56 Å². The van der Waals surface area contributed by atoms with E-state index in [-0.39, 0.29) is 17.9 Å². The lowest BCUT2D eigenvalue weighted by Crippen LogP contribution is -2.32. The van der Waals surface area contributed by atoms with Gasteiger partial charge in [0.15, 0.2) is 0 Å². The molecule has 2 N–H and O–H groups in total. The Morgan fingerprint density at radius 2 is 2.10 bits per heavy atom. The van der Waals surface area contributed by atoms with E-state index in [0.29, 0.717) is 12.1 Å². The summed E-state index contributed by atoms with van der Waals surface area (Å²) < 4.78 is 13.4. The molecule has 2 nitrogen and oxygen atoms in total. The largest absolute Gasteiger partial charge is 0.329 e. The third kappa shape index (κ3) is 3.08. The maximum Gasteiger partial charge on any atom is 0.126 e. The Labute approximate surface area is 124 Å². The summed E-state index contributed by atoms with van der Waals surface area (Å²) in [5.41, 5.74) is 7.68. The normalized spacial score (nSPS) is 14.5. The Kier molecular flexibility index (Phi) is 4.91. The van der Waals surface area contributed by atoms with E-state index in [4.69, 9.17) is 5.73 Å². The van der Waals surface area contributed by atoms with E-state index in [1.807, 2.05) is 12.1 Å². The lowest BCUT2D eigenvalue weighted by atomic mass is 10.0. The van der Waals surface area contributed by atoms with E-state index in [1.54, 1.807) is 18.3 Å². The molecule has 108 valence electrons. The Morgan fingerprint density at radius 3 is 2.65 bits per heavy atom. The third-order valence-electron chi connectivity index (χ3n) is 3.85. The van der Waals surface area contributed by atoms with E-state index < -0.39 is 0 Å². The van der Waals surface area contributed by atoms with Gasteiger partial charge in [-0.05, 0) is 49.5 Å². The highest BCUT2D eigenvalue weighted by atomic mass is 32.1. The van der Waals surface area contributed by atoms with Crippen LogP contribution < -0.4 is 5.73 Å². The molecule has 0 bridgehead atoms. The van der Waals surface area contributed by atoms with Gasteiger partial charge < -0.3 is 5.73 Å². The summed E-state index contributed by atoms with van der Waals surface area (Å²) >= 11 is 1.75. The third-order valence-corrected chi connectivity index (χ3v) is 4.89. The number of hydrogen-bond acceptors (Lipinski definition) is 3. The van der Waals surface area contributed by atoms with Crippen molar-refractivity contribution in [1.82, 2.24) is 4.90 Å². The number of likely N-dealkylation sites (N-methyl/N-ethyl adjacent to an activating group) is 1. The molecule has 2 rings (SSSR count). The minimum absolute atomic E-state index is 0.0893. The van der Waals surface area contributed by atoms with Gasteiger partial charge in [0.1, 0.15) is 5.82 Å². The molecule has 0 aliphatic carbocycles. The van der Waals surface area contributed by atoms with Crippen LogP contribution in [0.2, 0.25) is 0 Å². The fraction of sp³-hybridized carbons (Fsp3) is 0.375. The first-order chi connectivity index (χ1) is 9.54. The van der Waals surface area contributed by atoms with E-state index in [9.17, 15) is 4.39 Å². The molecule has 0 aliphatic rings. The SMILES string of the molecule is Cc1cc(C(CN)N(C)C(C)c2cccs2)ccc1F. The summed E-state index contributed by atoms with van der Waals surface area (Å²) in [7, 11) is 2.07. The minimum Gasteiger partial charge on any atom is -0.329 e. The Balaban J connectivity index is 2.24. The number of benzene rings is 1. The van der Waals surface area contributed by atoms with Crippen molar-refractivity contribution in [2.24, 2.45) is 5.73 Å². The van der Waals surface area contributed by atoms with Crippen molar-refractivity contribution in [1.29, 1.82) is 0 Å². The van der Waals surface area contributed by atoms with Crippen molar-refractivity contribution >= 4 is 11.3 Å². The van der Waals surface area contributed by atoms with Gasteiger partial charge in [-0.25, -0.2) is 4.39 Å². The summed E-state index contributed by atoms with van der Waals surface area (Å²) in [4.78, 5) is 3.56. The number of hydrogen-bond donors (Lipinski definition) is 1. The summed E-state index contributed by atoms with van der Waals surface area (Å²) in [5, 5.41) is 2.08. The lowest BCUT2D eigenvalue weighted by molar-refractivity contribution is 0.192. The first-order valence-corrected chi connectivity index (χ1v) is 7.64. The highest BCUT2D eigenvalue weighted by Gasteiger charge is 2.22. The van der Waals surface area contributed by atoms with Crippen molar-refractivity contribution in [2.45, 2.75) is 25.9 Å². The van der Waals surface area contributed by atoms with Crippen LogP contribution in [0, 0.1) is 12.7 Å². The minimum atomic E-state index is -0.168. The van der Waals surface area contributed by atoms with Gasteiger partial charge in [0.25, 0.3) is 0 Å². The number of halogens is 1. The second-order valence-corrected chi connectivity index (χ2v) is 6.10. The van der Waals surface area contributed by atoms with E-state index >= 15 is 0 Å². The van der Waals surface area contributed by atoms with Crippen LogP contribution in [-0.4, -0.2) is 18.5 Å². The van der Waals surface area contributed by atoms with Crippen LogP contribution in [0.4, 0.5) is 4.39 Å². The summed E-state index contributed by atoms with van der Waals surface area (Å²) in [6.07, 6.45) is 0. The van der Waals surface area contributed by atoms with Crippen LogP contribution in [0.3, 0.4) is 0 Å². The lowest BCUT2D eigenvalue weighted by Gasteiger charge is -2.32. The maximum absolute atomic E-state index is 13.4. The standard InChI is InChI=1S/C16H21FN2S/c1-11-9-13(6-7-14(11)17)15(10-18)19(3)12(2)16-5-4-8-20-16/h4-9,12,15H,10,18H2,1-3H3. The van der Waals surface area contributed by atoms with Gasteiger partial charge >= 0.3 is 0 Å². The molecule has 0 saturated heterocycles. The van der Waals surface area contributed by atoms with Gasteiger partial charge in [-0.1, -0.05) is 18.2 Å². The predicted octanol–water partition coefficient (Wildman–Crippen LogP) is 3.89. The number of thiophene rings is 1. The van der Waals surface area contributed by atoms with E-state index in [2.05, 4.69) is 36.4 Å². The van der Waals surface area contributed by atoms with Gasteiger partial charge in [-0.2, -0.15) is 0 Å². The molecule has 0 saturated carbocycles. The molecule has 2 aromatic rings. The highest BCUT2D eigenvalue weighted by Crippen LogP contribution is 2.31. The van der Waals surface area contributed by atoms with Crippen LogP contribution in [0.1, 0.15) is 35.0 Å². The van der Waals surface area contributed by atoms with Gasteiger partial charge in [-0.15, -0.1) is 11.3 Å². The van der Waals surface area contributed by atoms with Crippen molar-refractivity contribution in [2.75, 3.05) is 13.6 Å². The molecular weight excluding hydrogens is 271 g/mol. The molecule has 1 heterocycles. The second kappa shape index (κ2) is 6.48. The molecule has 1 aromatic heterocycles. The van der Waals surface area contributed by atoms with Crippen LogP contribution in [-0.2, 0) is 0 Å². The van der Waals surface area contributed by atoms with Gasteiger partial charge in [0.05, 0.1) is 0 Å². The van der Waals surface area contributed by atoms with Gasteiger partial charge in [-0.3, -0.25) is 4.90 Å². The summed E-state index contributed by atoms with van der Waals surface area (Å²) in [6.45, 7) is 4.47. The van der Waals surface area contributed by atoms with Crippen molar-refractivity contribution < 1.29 is 4.39 Å². The smallest absolute Gasteiger partial charge is 0.126 e. The number of aryl methyl sites for hydroxylation is 1. The molecule has 0 spiro atoms. The summed E-state index contributed by atoms with van der Waals surface area (Å²) in [5.74, 6) is -0.168.